The number of aromatic nitrogens is 3. The lowest BCUT2D eigenvalue weighted by molar-refractivity contribution is -0.119. The Labute approximate surface area is 248 Å². The molecule has 0 fully saturated rings. The molecule has 0 atom stereocenters. The summed E-state index contributed by atoms with van der Waals surface area (Å²) < 4.78 is 13.0. The molecule has 2 amide bonds. The number of nitrogens with zero attached hydrogens (tertiary/aromatic N) is 3. The van der Waals surface area contributed by atoms with Crippen LogP contribution in [0.15, 0.2) is 70.3 Å². The summed E-state index contributed by atoms with van der Waals surface area (Å²) in [6, 6.07) is 16.8. The van der Waals surface area contributed by atoms with Gasteiger partial charge in [0.15, 0.2) is 5.75 Å². The van der Waals surface area contributed by atoms with Gasteiger partial charge in [-0.05, 0) is 55.3 Å². The zero-order chi connectivity index (χ0) is 30.2. The molecule has 14 heteroatoms. The number of fused-ring (bicyclic) bond motifs is 1. The number of amides is 2. The van der Waals surface area contributed by atoms with Crippen molar-refractivity contribution in [2.75, 3.05) is 10.6 Å². The highest BCUT2D eigenvalue weighted by Crippen LogP contribution is 2.42. The first-order valence-corrected chi connectivity index (χ1v) is 13.2. The Morgan fingerprint density at radius 3 is 2.40 bits per heavy atom. The predicted octanol–water partition coefficient (Wildman–Crippen LogP) is 4.99. The van der Waals surface area contributed by atoms with Gasteiger partial charge in [-0.1, -0.05) is 53.5 Å². The molecule has 4 aromatic rings. The third-order valence-corrected chi connectivity index (χ3v) is 7.11. The van der Waals surface area contributed by atoms with Crippen LogP contribution in [-0.2, 0) is 28.3 Å². The molecule has 3 N–H and O–H groups in total. The second-order valence-electron chi connectivity index (χ2n) is 9.80. The maximum absolute atomic E-state index is 13.3. The minimum atomic E-state index is -1.56. The van der Waals surface area contributed by atoms with Gasteiger partial charge in [-0.15, -0.1) is 5.10 Å². The first kappa shape index (κ1) is 28.9. The van der Waals surface area contributed by atoms with Gasteiger partial charge in [-0.25, -0.2) is 14.2 Å². The van der Waals surface area contributed by atoms with E-state index in [4.69, 9.17) is 32.7 Å². The molecule has 216 valence electrons. The molecule has 0 saturated heterocycles. The summed E-state index contributed by atoms with van der Waals surface area (Å²) in [5.74, 6) is -0.353. The van der Waals surface area contributed by atoms with E-state index in [9.17, 15) is 24.3 Å². The average molecular weight is 612 g/mol. The van der Waals surface area contributed by atoms with Crippen molar-refractivity contribution in [1.29, 1.82) is 0 Å². The van der Waals surface area contributed by atoms with Crippen LogP contribution in [0.25, 0.3) is 5.69 Å². The van der Waals surface area contributed by atoms with E-state index in [0.717, 1.165) is 15.8 Å². The minimum absolute atomic E-state index is 0.00835. The van der Waals surface area contributed by atoms with Crippen molar-refractivity contribution in [2.24, 2.45) is 0 Å². The van der Waals surface area contributed by atoms with Gasteiger partial charge >= 0.3 is 17.3 Å². The van der Waals surface area contributed by atoms with E-state index in [1.807, 2.05) is 23.5 Å². The number of anilines is 2. The number of hydrogen-bond donors (Lipinski definition) is 3. The maximum atomic E-state index is 13.3. The van der Waals surface area contributed by atoms with Crippen molar-refractivity contribution in [2.45, 2.75) is 32.6 Å². The molecular weight excluding hydrogens is 589 g/mol. The van der Waals surface area contributed by atoms with Crippen molar-refractivity contribution in [3.05, 3.63) is 103 Å². The van der Waals surface area contributed by atoms with Crippen LogP contribution in [-0.4, -0.2) is 31.5 Å². The third-order valence-electron chi connectivity index (χ3n) is 6.54. The van der Waals surface area contributed by atoms with E-state index in [2.05, 4.69) is 10.4 Å². The first-order valence-electron chi connectivity index (χ1n) is 12.4. The molecule has 1 aliphatic heterocycles. The maximum Gasteiger partial charge on any atom is 0.410 e. The average Bonchev–Trinajstić information content (AvgIpc) is 3.17. The van der Waals surface area contributed by atoms with E-state index in [0.29, 0.717) is 16.0 Å². The van der Waals surface area contributed by atoms with Crippen LogP contribution in [0.3, 0.4) is 0 Å². The molecule has 42 heavy (non-hydrogen) atoms. The monoisotopic (exact) mass is 611 g/mol. The molecule has 0 spiro atoms. The van der Waals surface area contributed by atoms with E-state index < -0.39 is 35.3 Å². The highest BCUT2D eigenvalue weighted by atomic mass is 35.5. The summed E-state index contributed by atoms with van der Waals surface area (Å²) in [6.45, 7) is 3.18. The highest BCUT2D eigenvalue weighted by molar-refractivity contribution is 6.37. The summed E-state index contributed by atoms with van der Waals surface area (Å²) in [4.78, 5) is 49.8. The Balaban J connectivity index is 1.48. The number of ether oxygens (including phenoxy) is 2. The zero-order valence-electron chi connectivity index (χ0n) is 22.2. The molecule has 0 saturated carbocycles. The van der Waals surface area contributed by atoms with Crippen molar-refractivity contribution in [3.63, 3.8) is 0 Å². The SMILES string of the molecule is CC1(C)C(=O)Nc2ccc(Oc3c(Cl)cc(-n4nc(NC(=O)O)c(=O)n(COCc5ccccc5)c4=O)cc3Cl)cc21. The molecule has 5 rings (SSSR count). The lowest BCUT2D eigenvalue weighted by Crippen LogP contribution is -2.43. The quantitative estimate of drug-likeness (QED) is 0.252. The summed E-state index contributed by atoms with van der Waals surface area (Å²) in [6.07, 6.45) is -1.56. The summed E-state index contributed by atoms with van der Waals surface area (Å²) in [7, 11) is 0. The van der Waals surface area contributed by atoms with Gasteiger partial charge in [0.05, 0.1) is 27.8 Å². The van der Waals surface area contributed by atoms with Gasteiger partial charge in [-0.2, -0.15) is 4.68 Å². The standard InChI is InChI=1S/C28H23Cl2N5O7/c1-28(2)18-12-17(8-9-21(18)31-25(28)37)42-22-19(29)10-16(11-20(22)30)35-27(40)34(24(36)23(33-35)32-26(38)39)14-41-13-15-6-4-3-5-7-15/h3-12H,13-14H2,1-2H3,(H,31,37)(H,32,33)(H,38,39). The number of hydrogen-bond acceptors (Lipinski definition) is 7. The highest BCUT2D eigenvalue weighted by Gasteiger charge is 2.38. The fourth-order valence-electron chi connectivity index (χ4n) is 4.30. The van der Waals surface area contributed by atoms with Crippen molar-refractivity contribution in [3.8, 4) is 17.2 Å². The van der Waals surface area contributed by atoms with Gasteiger partial charge in [0, 0.05) is 5.69 Å². The van der Waals surface area contributed by atoms with Crippen molar-refractivity contribution >= 4 is 46.7 Å². The summed E-state index contributed by atoms with van der Waals surface area (Å²) in [5, 5.41) is 17.8. The normalized spacial score (nSPS) is 13.4. The topological polar surface area (TPSA) is 154 Å². The molecule has 1 aliphatic rings. The predicted molar refractivity (Wildman–Crippen MR) is 155 cm³/mol. The molecule has 1 aromatic heterocycles. The van der Waals surface area contributed by atoms with Crippen LogP contribution >= 0.6 is 23.2 Å². The lowest BCUT2D eigenvalue weighted by atomic mass is 9.86. The lowest BCUT2D eigenvalue weighted by Gasteiger charge is -2.17. The number of carboxylic acid groups (broad SMARTS) is 1. The van der Waals surface area contributed by atoms with Crippen molar-refractivity contribution in [1.82, 2.24) is 14.3 Å². The van der Waals surface area contributed by atoms with E-state index in [1.165, 1.54) is 12.1 Å². The van der Waals surface area contributed by atoms with Gasteiger partial charge in [0.1, 0.15) is 12.5 Å². The molecule has 0 bridgehead atoms. The number of carbonyl (C=O) groups excluding carboxylic acids is 1. The Bertz CT molecular complexity index is 1810. The number of nitrogens with one attached hydrogen (secondary N) is 2. The fraction of sp³-hybridized carbons (Fsp3) is 0.179. The zero-order valence-corrected chi connectivity index (χ0v) is 23.7. The Morgan fingerprint density at radius 1 is 1.05 bits per heavy atom. The van der Waals surface area contributed by atoms with E-state index >= 15 is 0 Å². The number of carbonyl (C=O) groups is 2. The second-order valence-corrected chi connectivity index (χ2v) is 10.6. The van der Waals surface area contributed by atoms with Crippen LogP contribution in [0.4, 0.5) is 16.3 Å². The summed E-state index contributed by atoms with van der Waals surface area (Å²) >= 11 is 13.0. The molecular formula is C28H23Cl2N5O7. The van der Waals surface area contributed by atoms with Crippen LogP contribution in [0, 0.1) is 0 Å². The second kappa shape index (κ2) is 11.3. The minimum Gasteiger partial charge on any atom is -0.465 e. The largest absolute Gasteiger partial charge is 0.465 e. The van der Waals surface area contributed by atoms with Gasteiger partial charge in [0.25, 0.3) is 0 Å². The Hall–Kier alpha value is -4.65. The number of rotatable bonds is 8. The Kier molecular flexibility index (Phi) is 7.78. The van der Waals surface area contributed by atoms with Crippen LogP contribution in [0.1, 0.15) is 25.0 Å². The molecule has 0 aliphatic carbocycles. The van der Waals surface area contributed by atoms with Crippen LogP contribution in [0.5, 0.6) is 11.5 Å². The molecule has 2 heterocycles. The molecule has 0 unspecified atom stereocenters. The number of halogens is 2. The third kappa shape index (κ3) is 5.59. The summed E-state index contributed by atoms with van der Waals surface area (Å²) in [5.41, 5.74) is -0.470. The van der Waals surface area contributed by atoms with Crippen LogP contribution in [0.2, 0.25) is 10.0 Å². The fourth-order valence-corrected chi connectivity index (χ4v) is 4.86. The van der Waals surface area contributed by atoms with Gasteiger partial charge in [0.2, 0.25) is 11.7 Å². The van der Waals surface area contributed by atoms with Crippen LogP contribution < -0.4 is 26.6 Å². The van der Waals surface area contributed by atoms with Gasteiger partial charge in [-0.3, -0.25) is 14.9 Å². The Morgan fingerprint density at radius 2 is 1.74 bits per heavy atom. The first-order chi connectivity index (χ1) is 20.0. The molecule has 12 nitrogen and oxygen atoms in total. The van der Waals surface area contributed by atoms with Gasteiger partial charge < -0.3 is 19.9 Å². The van der Waals surface area contributed by atoms with Crippen molar-refractivity contribution < 1.29 is 24.2 Å². The smallest absolute Gasteiger partial charge is 0.410 e. The number of benzene rings is 3. The van der Waals surface area contributed by atoms with E-state index in [1.54, 1.807) is 44.2 Å². The molecule has 0 radical (unpaired) electrons. The molecule has 3 aromatic carbocycles. The van der Waals surface area contributed by atoms with E-state index in [-0.39, 0.29) is 34.0 Å².